The second-order valence-electron chi connectivity index (χ2n) is 5.67. The van der Waals surface area contributed by atoms with E-state index in [-0.39, 0.29) is 12.8 Å². The van der Waals surface area contributed by atoms with Crippen LogP contribution in [0, 0.1) is 0 Å². The summed E-state index contributed by atoms with van der Waals surface area (Å²) >= 11 is 0. The smallest absolute Gasteiger partial charge is 0.328 e. The Kier molecular flexibility index (Phi) is 9.84. The molecule has 0 aliphatic rings. The Bertz CT molecular complexity index is 552. The molecule has 12 heteroatoms. The van der Waals surface area contributed by atoms with Gasteiger partial charge in [-0.2, -0.15) is 0 Å². The van der Waals surface area contributed by atoms with Crippen molar-refractivity contribution in [2.75, 3.05) is 6.61 Å². The lowest BCUT2D eigenvalue weighted by Gasteiger charge is -2.22. The summed E-state index contributed by atoms with van der Waals surface area (Å²) in [5.41, 5.74) is 10.4. The minimum absolute atomic E-state index is 0.109. The Morgan fingerprint density at radius 1 is 0.923 bits per heavy atom. The van der Waals surface area contributed by atoms with E-state index < -0.39 is 60.4 Å². The first kappa shape index (κ1) is 23.3. The number of amides is 4. The van der Waals surface area contributed by atoms with Crippen molar-refractivity contribution >= 4 is 29.6 Å². The fourth-order valence-corrected chi connectivity index (χ4v) is 1.72. The fraction of sp³-hybridized carbons (Fsp3) is 0.643. The average Bonchev–Trinajstić information content (AvgIpc) is 2.54. The molecule has 0 heterocycles. The van der Waals surface area contributed by atoms with E-state index in [4.69, 9.17) is 21.7 Å². The van der Waals surface area contributed by atoms with Gasteiger partial charge >= 0.3 is 5.97 Å². The van der Waals surface area contributed by atoms with Crippen LogP contribution in [0.2, 0.25) is 0 Å². The second kappa shape index (κ2) is 11.0. The number of carbonyl (C=O) groups is 5. The zero-order valence-corrected chi connectivity index (χ0v) is 14.5. The summed E-state index contributed by atoms with van der Waals surface area (Å²) in [5.74, 6) is -4.40. The minimum atomic E-state index is -1.52. The maximum Gasteiger partial charge on any atom is 0.328 e. The molecular weight excluding hydrogens is 350 g/mol. The quantitative estimate of drug-likeness (QED) is 0.189. The number of aliphatic hydroxyl groups is 1. The van der Waals surface area contributed by atoms with Gasteiger partial charge in [0.1, 0.15) is 18.1 Å². The number of rotatable bonds is 11. The van der Waals surface area contributed by atoms with Crippen LogP contribution in [0.4, 0.5) is 0 Å². The van der Waals surface area contributed by atoms with Crippen LogP contribution in [0.25, 0.3) is 0 Å². The number of carboxylic acids is 1. The first-order valence-corrected chi connectivity index (χ1v) is 7.78. The Morgan fingerprint density at radius 2 is 1.46 bits per heavy atom. The van der Waals surface area contributed by atoms with Gasteiger partial charge in [-0.05, 0) is 20.3 Å². The molecule has 0 spiro atoms. The number of carboxylic acid groups (broad SMARTS) is 1. The molecule has 0 saturated heterocycles. The Hall–Kier alpha value is -2.73. The zero-order chi connectivity index (χ0) is 20.4. The molecule has 0 aromatic heterocycles. The molecule has 0 aliphatic carbocycles. The lowest BCUT2D eigenvalue weighted by atomic mass is 10.1. The molecule has 4 unspecified atom stereocenters. The molecule has 4 atom stereocenters. The van der Waals surface area contributed by atoms with Crippen molar-refractivity contribution in [3.05, 3.63) is 0 Å². The zero-order valence-electron chi connectivity index (χ0n) is 14.5. The first-order valence-electron chi connectivity index (χ1n) is 7.78. The Balaban J connectivity index is 4.92. The van der Waals surface area contributed by atoms with Crippen molar-refractivity contribution in [3.8, 4) is 0 Å². The molecule has 0 saturated carbocycles. The lowest BCUT2D eigenvalue weighted by Crippen LogP contribution is -2.56. The molecule has 0 aliphatic heterocycles. The van der Waals surface area contributed by atoms with Crippen molar-refractivity contribution in [1.29, 1.82) is 0 Å². The van der Waals surface area contributed by atoms with Crippen LogP contribution in [0.1, 0.15) is 26.7 Å². The van der Waals surface area contributed by atoms with Gasteiger partial charge in [-0.3, -0.25) is 19.2 Å². The molecular formula is C14H25N5O7. The van der Waals surface area contributed by atoms with Gasteiger partial charge in [0.25, 0.3) is 0 Å². The first-order chi connectivity index (χ1) is 12.0. The van der Waals surface area contributed by atoms with Gasteiger partial charge in [0.15, 0.2) is 0 Å². The molecule has 0 radical (unpaired) electrons. The second-order valence-corrected chi connectivity index (χ2v) is 5.67. The number of nitrogens with one attached hydrogen (secondary N) is 3. The minimum Gasteiger partial charge on any atom is -0.480 e. The van der Waals surface area contributed by atoms with Crippen molar-refractivity contribution < 1.29 is 34.2 Å². The summed E-state index contributed by atoms with van der Waals surface area (Å²) in [7, 11) is 0. The number of primary amides is 1. The van der Waals surface area contributed by atoms with Gasteiger partial charge in [0.2, 0.25) is 23.6 Å². The maximum atomic E-state index is 12.3. The molecule has 0 fully saturated rings. The third-order valence-corrected chi connectivity index (χ3v) is 3.28. The predicted molar refractivity (Wildman–Crippen MR) is 88.3 cm³/mol. The lowest BCUT2D eigenvalue weighted by molar-refractivity contribution is -0.143. The SMILES string of the molecule is CC(N)C(=O)NC(CCC(N)=O)C(=O)NC(C)C(=O)NC(CO)C(=O)O. The number of hydrogen-bond acceptors (Lipinski definition) is 7. The van der Waals surface area contributed by atoms with Crippen molar-refractivity contribution in [3.63, 3.8) is 0 Å². The van der Waals surface area contributed by atoms with Gasteiger partial charge < -0.3 is 37.6 Å². The van der Waals surface area contributed by atoms with E-state index in [1.165, 1.54) is 13.8 Å². The monoisotopic (exact) mass is 375 g/mol. The highest BCUT2D eigenvalue weighted by atomic mass is 16.4. The number of aliphatic carboxylic acids is 1. The van der Waals surface area contributed by atoms with E-state index in [9.17, 15) is 24.0 Å². The van der Waals surface area contributed by atoms with Crippen LogP contribution in [0.5, 0.6) is 0 Å². The van der Waals surface area contributed by atoms with Crippen molar-refractivity contribution in [1.82, 2.24) is 16.0 Å². The van der Waals surface area contributed by atoms with E-state index in [0.717, 1.165) is 0 Å². The molecule has 26 heavy (non-hydrogen) atoms. The van der Waals surface area contributed by atoms with E-state index in [1.807, 2.05) is 5.32 Å². The van der Waals surface area contributed by atoms with E-state index >= 15 is 0 Å². The third kappa shape index (κ3) is 8.39. The van der Waals surface area contributed by atoms with Crippen LogP contribution >= 0.6 is 0 Å². The highest BCUT2D eigenvalue weighted by molar-refractivity contribution is 5.94. The summed E-state index contributed by atoms with van der Waals surface area (Å²) in [6.45, 7) is 1.85. The van der Waals surface area contributed by atoms with Gasteiger partial charge in [-0.25, -0.2) is 4.79 Å². The molecule has 12 nitrogen and oxygen atoms in total. The van der Waals surface area contributed by atoms with Gasteiger partial charge in [0.05, 0.1) is 12.6 Å². The van der Waals surface area contributed by atoms with Crippen LogP contribution in [0.3, 0.4) is 0 Å². The van der Waals surface area contributed by atoms with Gasteiger partial charge in [-0.1, -0.05) is 0 Å². The van der Waals surface area contributed by atoms with E-state index in [2.05, 4.69) is 10.6 Å². The Morgan fingerprint density at radius 3 is 1.88 bits per heavy atom. The molecule has 0 bridgehead atoms. The van der Waals surface area contributed by atoms with Gasteiger partial charge in [0, 0.05) is 6.42 Å². The Labute approximate surface area is 149 Å². The van der Waals surface area contributed by atoms with Crippen molar-refractivity contribution in [2.24, 2.45) is 11.5 Å². The van der Waals surface area contributed by atoms with E-state index in [0.29, 0.717) is 0 Å². The molecule has 0 rings (SSSR count). The van der Waals surface area contributed by atoms with Crippen LogP contribution in [-0.4, -0.2) is 70.6 Å². The third-order valence-electron chi connectivity index (χ3n) is 3.28. The molecule has 0 aromatic carbocycles. The van der Waals surface area contributed by atoms with Crippen LogP contribution < -0.4 is 27.4 Å². The summed E-state index contributed by atoms with van der Waals surface area (Å²) < 4.78 is 0. The standard InChI is InChI=1S/C14H25N5O7/c1-6(15)11(22)18-8(3-4-10(16)21)13(24)17-7(2)12(23)19-9(5-20)14(25)26/h6-9,20H,3-5,15H2,1-2H3,(H2,16,21)(H,17,24)(H,18,22)(H,19,23)(H,25,26). The summed E-state index contributed by atoms with van der Waals surface area (Å²) in [5, 5.41) is 24.3. The van der Waals surface area contributed by atoms with E-state index in [1.54, 1.807) is 0 Å². The average molecular weight is 375 g/mol. The molecule has 4 amide bonds. The van der Waals surface area contributed by atoms with Crippen molar-refractivity contribution in [2.45, 2.75) is 50.9 Å². The fourth-order valence-electron chi connectivity index (χ4n) is 1.72. The maximum absolute atomic E-state index is 12.3. The molecule has 0 aromatic rings. The number of carbonyl (C=O) groups excluding carboxylic acids is 4. The predicted octanol–water partition coefficient (Wildman–Crippen LogP) is -3.85. The number of nitrogens with two attached hydrogens (primary N) is 2. The molecule has 148 valence electrons. The molecule has 9 N–H and O–H groups in total. The van der Waals surface area contributed by atoms with Crippen LogP contribution in [0.15, 0.2) is 0 Å². The largest absolute Gasteiger partial charge is 0.480 e. The topological polar surface area (TPSA) is 214 Å². The highest BCUT2D eigenvalue weighted by Gasteiger charge is 2.27. The normalized spacial score (nSPS) is 15.1. The van der Waals surface area contributed by atoms with Crippen LogP contribution in [-0.2, 0) is 24.0 Å². The highest BCUT2D eigenvalue weighted by Crippen LogP contribution is 2.00. The summed E-state index contributed by atoms with van der Waals surface area (Å²) in [6.07, 6.45) is -0.300. The van der Waals surface area contributed by atoms with Gasteiger partial charge in [-0.15, -0.1) is 0 Å². The number of hydrogen-bond donors (Lipinski definition) is 7. The summed E-state index contributed by atoms with van der Waals surface area (Å²) in [4.78, 5) is 57.5. The number of aliphatic hydroxyl groups excluding tert-OH is 1. The summed E-state index contributed by atoms with van der Waals surface area (Å²) in [6, 6.07) is -4.76.